The highest BCUT2D eigenvalue weighted by atomic mass is 32.2. The largest absolute Gasteiger partial charge is 0.492 e. The van der Waals surface area contributed by atoms with Crippen LogP contribution in [0, 0.1) is 6.92 Å². The van der Waals surface area contributed by atoms with Crippen LogP contribution in [0.2, 0.25) is 0 Å². The van der Waals surface area contributed by atoms with Crippen LogP contribution >= 0.6 is 0 Å². The van der Waals surface area contributed by atoms with Crippen LogP contribution < -0.4 is 14.8 Å². The van der Waals surface area contributed by atoms with Crippen LogP contribution in [0.5, 0.6) is 5.75 Å². The molecule has 0 radical (unpaired) electrons. The summed E-state index contributed by atoms with van der Waals surface area (Å²) < 4.78 is 32.2. The minimum absolute atomic E-state index is 0.130. The third-order valence-corrected chi connectivity index (χ3v) is 5.17. The van der Waals surface area contributed by atoms with Gasteiger partial charge in [-0.3, -0.25) is 4.79 Å². The topological polar surface area (TPSA) is 84.5 Å². The van der Waals surface area contributed by atoms with Gasteiger partial charge in [0.15, 0.2) is 0 Å². The van der Waals surface area contributed by atoms with Gasteiger partial charge in [-0.05, 0) is 57.2 Å². The Morgan fingerprint density at radius 2 is 1.65 bits per heavy atom. The molecular formula is C19H24N2O4S. The number of ether oxygens (including phenoxy) is 1. The summed E-state index contributed by atoms with van der Waals surface area (Å²) in [7, 11) is -3.56. The maximum atomic E-state index is 12.1. The van der Waals surface area contributed by atoms with Crippen molar-refractivity contribution in [2.75, 3.05) is 13.2 Å². The van der Waals surface area contributed by atoms with Crippen LogP contribution in [0.4, 0.5) is 0 Å². The number of rotatable bonds is 8. The van der Waals surface area contributed by atoms with E-state index in [1.807, 2.05) is 31.2 Å². The van der Waals surface area contributed by atoms with Crippen LogP contribution in [0.3, 0.4) is 0 Å². The highest BCUT2D eigenvalue weighted by molar-refractivity contribution is 7.89. The molecule has 0 aliphatic heterocycles. The van der Waals surface area contributed by atoms with E-state index in [1.165, 1.54) is 24.3 Å². The van der Waals surface area contributed by atoms with Gasteiger partial charge < -0.3 is 10.1 Å². The smallest absolute Gasteiger partial charge is 0.251 e. The zero-order valence-electron chi connectivity index (χ0n) is 15.2. The van der Waals surface area contributed by atoms with Crippen molar-refractivity contribution < 1.29 is 17.9 Å². The van der Waals surface area contributed by atoms with E-state index in [-0.39, 0.29) is 16.8 Å². The van der Waals surface area contributed by atoms with Crippen LogP contribution in [-0.2, 0) is 10.0 Å². The Morgan fingerprint density at radius 3 is 2.23 bits per heavy atom. The van der Waals surface area contributed by atoms with Gasteiger partial charge in [0, 0.05) is 11.6 Å². The van der Waals surface area contributed by atoms with E-state index >= 15 is 0 Å². The molecule has 0 bridgehead atoms. The molecule has 2 rings (SSSR count). The minimum atomic E-state index is -3.56. The van der Waals surface area contributed by atoms with E-state index < -0.39 is 10.0 Å². The van der Waals surface area contributed by atoms with Gasteiger partial charge in [0.25, 0.3) is 5.91 Å². The Morgan fingerprint density at radius 1 is 1.04 bits per heavy atom. The third-order valence-electron chi connectivity index (χ3n) is 3.49. The first-order chi connectivity index (χ1) is 12.3. The van der Waals surface area contributed by atoms with E-state index in [4.69, 9.17) is 4.74 Å². The molecule has 0 spiro atoms. The fourth-order valence-corrected chi connectivity index (χ4v) is 3.48. The maximum absolute atomic E-state index is 12.1. The molecule has 26 heavy (non-hydrogen) atoms. The van der Waals surface area contributed by atoms with Crippen molar-refractivity contribution in [3.63, 3.8) is 0 Å². The Balaban J connectivity index is 1.85. The monoisotopic (exact) mass is 376 g/mol. The third kappa shape index (κ3) is 5.86. The van der Waals surface area contributed by atoms with Gasteiger partial charge in [-0.15, -0.1) is 0 Å². The zero-order chi connectivity index (χ0) is 19.2. The molecular weight excluding hydrogens is 352 g/mol. The number of amides is 1. The van der Waals surface area contributed by atoms with Crippen LogP contribution in [-0.4, -0.2) is 33.5 Å². The summed E-state index contributed by atoms with van der Waals surface area (Å²) in [6, 6.07) is 13.3. The van der Waals surface area contributed by atoms with Gasteiger partial charge in [-0.2, -0.15) is 0 Å². The maximum Gasteiger partial charge on any atom is 0.251 e. The van der Waals surface area contributed by atoms with Gasteiger partial charge in [0.2, 0.25) is 10.0 Å². The molecule has 2 aromatic rings. The number of hydrogen-bond donors (Lipinski definition) is 2. The van der Waals surface area contributed by atoms with Crippen molar-refractivity contribution in [3.8, 4) is 5.75 Å². The number of nitrogens with one attached hydrogen (secondary N) is 2. The lowest BCUT2D eigenvalue weighted by molar-refractivity contribution is 0.0947. The molecule has 0 aliphatic rings. The van der Waals surface area contributed by atoms with Gasteiger partial charge in [0.05, 0.1) is 11.4 Å². The number of aryl methyl sites for hydroxylation is 1. The molecule has 0 saturated carbocycles. The summed E-state index contributed by atoms with van der Waals surface area (Å²) in [5.74, 6) is 0.468. The average Bonchev–Trinajstić information content (AvgIpc) is 2.59. The van der Waals surface area contributed by atoms with E-state index in [2.05, 4.69) is 10.0 Å². The molecule has 0 aromatic heterocycles. The Labute approximate surface area is 154 Å². The molecule has 0 aliphatic carbocycles. The van der Waals surface area contributed by atoms with E-state index in [0.717, 1.165) is 11.3 Å². The van der Waals surface area contributed by atoms with Gasteiger partial charge >= 0.3 is 0 Å². The first kappa shape index (κ1) is 19.9. The molecule has 0 atom stereocenters. The number of carbonyl (C=O) groups is 1. The van der Waals surface area contributed by atoms with Crippen molar-refractivity contribution in [2.24, 2.45) is 0 Å². The predicted molar refractivity (Wildman–Crippen MR) is 101 cm³/mol. The second-order valence-electron chi connectivity index (χ2n) is 6.22. The Hall–Kier alpha value is -2.38. The summed E-state index contributed by atoms with van der Waals surface area (Å²) in [6.45, 7) is 6.19. The van der Waals surface area contributed by atoms with Crippen molar-refractivity contribution in [3.05, 3.63) is 59.7 Å². The minimum Gasteiger partial charge on any atom is -0.492 e. The quantitative estimate of drug-likeness (QED) is 0.693. The Bertz CT molecular complexity index is 829. The fourth-order valence-electron chi connectivity index (χ4n) is 2.23. The first-order valence-corrected chi connectivity index (χ1v) is 9.86. The number of sulfonamides is 1. The van der Waals surface area contributed by atoms with Crippen LogP contribution in [0.1, 0.15) is 29.8 Å². The number of carbonyl (C=O) groups excluding carboxylic acids is 1. The molecule has 0 unspecified atom stereocenters. The average molecular weight is 376 g/mol. The Kier molecular flexibility index (Phi) is 6.76. The molecule has 2 N–H and O–H groups in total. The normalized spacial score (nSPS) is 11.4. The van der Waals surface area contributed by atoms with E-state index in [0.29, 0.717) is 18.7 Å². The molecule has 0 saturated heterocycles. The van der Waals surface area contributed by atoms with Crippen molar-refractivity contribution in [2.45, 2.75) is 31.7 Å². The van der Waals surface area contributed by atoms with Crippen LogP contribution in [0.15, 0.2) is 53.4 Å². The zero-order valence-corrected chi connectivity index (χ0v) is 16.0. The molecule has 140 valence electrons. The molecule has 0 heterocycles. The lowest BCUT2D eigenvalue weighted by atomic mass is 10.2. The highest BCUT2D eigenvalue weighted by Crippen LogP contribution is 2.12. The van der Waals surface area contributed by atoms with Gasteiger partial charge in [0.1, 0.15) is 12.4 Å². The summed E-state index contributed by atoms with van der Waals surface area (Å²) in [4.78, 5) is 12.2. The molecule has 7 heteroatoms. The standard InChI is InChI=1S/C19H24N2O4S/c1-14(2)21-26(23,24)18-10-6-16(7-11-18)19(22)20-12-13-25-17-8-4-15(3)5-9-17/h4-11,14,21H,12-13H2,1-3H3,(H,20,22). The molecule has 6 nitrogen and oxygen atoms in total. The first-order valence-electron chi connectivity index (χ1n) is 8.38. The number of hydrogen-bond acceptors (Lipinski definition) is 4. The lowest BCUT2D eigenvalue weighted by Gasteiger charge is -2.10. The molecule has 2 aromatic carbocycles. The summed E-state index contributed by atoms with van der Waals surface area (Å²) in [6.07, 6.45) is 0. The van der Waals surface area contributed by atoms with Crippen molar-refractivity contribution in [1.82, 2.24) is 10.0 Å². The molecule has 0 fully saturated rings. The van der Waals surface area contributed by atoms with Crippen molar-refractivity contribution in [1.29, 1.82) is 0 Å². The summed E-state index contributed by atoms with van der Waals surface area (Å²) in [5.41, 5.74) is 1.54. The fraction of sp³-hybridized carbons (Fsp3) is 0.316. The SMILES string of the molecule is Cc1ccc(OCCNC(=O)c2ccc(S(=O)(=O)NC(C)C)cc2)cc1. The number of benzene rings is 2. The van der Waals surface area contributed by atoms with E-state index in [1.54, 1.807) is 13.8 Å². The highest BCUT2D eigenvalue weighted by Gasteiger charge is 2.15. The van der Waals surface area contributed by atoms with Gasteiger partial charge in [-0.25, -0.2) is 13.1 Å². The van der Waals surface area contributed by atoms with Gasteiger partial charge in [-0.1, -0.05) is 17.7 Å². The predicted octanol–water partition coefficient (Wildman–Crippen LogP) is 2.49. The summed E-state index contributed by atoms with van der Waals surface area (Å²) in [5, 5.41) is 2.74. The lowest BCUT2D eigenvalue weighted by Crippen LogP contribution is -2.30. The van der Waals surface area contributed by atoms with Crippen molar-refractivity contribution >= 4 is 15.9 Å². The second kappa shape index (κ2) is 8.82. The second-order valence-corrected chi connectivity index (χ2v) is 7.93. The summed E-state index contributed by atoms with van der Waals surface area (Å²) >= 11 is 0. The molecule has 1 amide bonds. The van der Waals surface area contributed by atoms with E-state index in [9.17, 15) is 13.2 Å². The van der Waals surface area contributed by atoms with Crippen LogP contribution in [0.25, 0.3) is 0 Å².